The zero-order valence-electron chi connectivity index (χ0n) is 14.3. The van der Waals surface area contributed by atoms with E-state index in [2.05, 4.69) is 25.8 Å². The second kappa shape index (κ2) is 6.73. The Labute approximate surface area is 142 Å². The van der Waals surface area contributed by atoms with Crippen molar-refractivity contribution in [1.82, 2.24) is 29.9 Å². The summed E-state index contributed by atoms with van der Waals surface area (Å²) >= 11 is 0. The molecule has 0 bridgehead atoms. The average molecular weight is 359 g/mol. The smallest absolute Gasteiger partial charge is 0.335 e. The summed E-state index contributed by atoms with van der Waals surface area (Å²) in [6.07, 6.45) is -2.62. The van der Waals surface area contributed by atoms with Crippen molar-refractivity contribution in [3.05, 3.63) is 24.4 Å². The molecule has 2 heterocycles. The quantitative estimate of drug-likeness (QED) is 0.878. The summed E-state index contributed by atoms with van der Waals surface area (Å²) < 4.78 is 41.6. The van der Waals surface area contributed by atoms with Crippen LogP contribution in [-0.2, 0) is 5.54 Å². The number of hydrogen-bond donors (Lipinski definition) is 2. The van der Waals surface area contributed by atoms with Crippen LogP contribution in [0.5, 0.6) is 0 Å². The van der Waals surface area contributed by atoms with Gasteiger partial charge in [-0.05, 0) is 27.7 Å². The first-order chi connectivity index (χ1) is 11.5. The Bertz CT molecular complexity index is 716. The Hall–Kier alpha value is -2.59. The lowest BCUT2D eigenvalue weighted by Gasteiger charge is -2.23. The van der Waals surface area contributed by atoms with Gasteiger partial charge in [-0.3, -0.25) is 5.32 Å². The van der Waals surface area contributed by atoms with Gasteiger partial charge in [-0.2, -0.15) is 23.4 Å². The highest BCUT2D eigenvalue weighted by molar-refractivity contribution is 5.88. The molecule has 2 N–H and O–H groups in total. The molecular formula is C14H20F3N7O. The number of amides is 2. The first-order valence-electron chi connectivity index (χ1n) is 7.51. The molecular weight excluding hydrogens is 339 g/mol. The monoisotopic (exact) mass is 359 g/mol. The van der Waals surface area contributed by atoms with Gasteiger partial charge in [0.1, 0.15) is 18.5 Å². The number of nitrogens with zero attached hydrogens (tertiary/aromatic N) is 5. The molecule has 0 fully saturated rings. The van der Waals surface area contributed by atoms with Crippen LogP contribution in [0.4, 0.5) is 23.8 Å². The van der Waals surface area contributed by atoms with Crippen LogP contribution in [0.2, 0.25) is 0 Å². The minimum Gasteiger partial charge on any atom is -0.335 e. The molecule has 138 valence electrons. The fourth-order valence-electron chi connectivity index (χ4n) is 2.19. The maximum absolute atomic E-state index is 13.1. The lowest BCUT2D eigenvalue weighted by Crippen LogP contribution is -2.40. The maximum Gasteiger partial charge on any atom is 0.412 e. The van der Waals surface area contributed by atoms with Crippen LogP contribution in [0, 0.1) is 6.92 Å². The molecule has 2 amide bonds. The Morgan fingerprint density at radius 1 is 1.32 bits per heavy atom. The van der Waals surface area contributed by atoms with Gasteiger partial charge in [0, 0.05) is 6.07 Å². The normalized spacial score (nSPS) is 13.6. The van der Waals surface area contributed by atoms with Gasteiger partial charge >= 0.3 is 12.2 Å². The van der Waals surface area contributed by atoms with Crippen molar-refractivity contribution in [2.24, 2.45) is 0 Å². The van der Waals surface area contributed by atoms with Crippen LogP contribution in [0.1, 0.15) is 32.5 Å². The van der Waals surface area contributed by atoms with E-state index >= 15 is 0 Å². The predicted molar refractivity (Wildman–Crippen MR) is 84.1 cm³/mol. The van der Waals surface area contributed by atoms with Gasteiger partial charge in [0.25, 0.3) is 0 Å². The van der Waals surface area contributed by atoms with E-state index in [0.717, 1.165) is 12.7 Å². The molecule has 25 heavy (non-hydrogen) atoms. The molecule has 2 aromatic rings. The Kier molecular flexibility index (Phi) is 5.04. The largest absolute Gasteiger partial charge is 0.412 e. The number of carbonyl (C=O) groups excluding carboxylic acids is 1. The standard InChI is InChI=1S/C14H20F3N7O/c1-9-5-11(24(22-9)13(2,3)4)21-12(25)19-6-10(14(15,16)17)23-8-18-7-20-23/h5,7-8,10H,6H2,1-4H3,(H2,19,21,25). The minimum atomic E-state index is -4.58. The van der Waals surface area contributed by atoms with E-state index in [1.165, 1.54) is 0 Å². The molecule has 1 unspecified atom stereocenters. The van der Waals surface area contributed by atoms with Gasteiger partial charge in [-0.15, -0.1) is 0 Å². The fraction of sp³-hybridized carbons (Fsp3) is 0.571. The number of aromatic nitrogens is 5. The summed E-state index contributed by atoms with van der Waals surface area (Å²) in [5, 5.41) is 12.5. The molecule has 8 nitrogen and oxygen atoms in total. The number of hydrogen-bond acceptors (Lipinski definition) is 4. The molecule has 0 saturated heterocycles. The molecule has 2 aromatic heterocycles. The van der Waals surface area contributed by atoms with Crippen LogP contribution >= 0.6 is 0 Å². The van der Waals surface area contributed by atoms with Crippen LogP contribution < -0.4 is 10.6 Å². The second-order valence-corrected chi connectivity index (χ2v) is 6.52. The molecule has 0 aliphatic carbocycles. The van der Waals surface area contributed by atoms with Crippen molar-refractivity contribution in [2.75, 3.05) is 11.9 Å². The zero-order valence-corrected chi connectivity index (χ0v) is 14.3. The van der Waals surface area contributed by atoms with Crippen molar-refractivity contribution < 1.29 is 18.0 Å². The molecule has 1 atom stereocenters. The molecule has 2 rings (SSSR count). The number of urea groups is 1. The van der Waals surface area contributed by atoms with E-state index in [1.54, 1.807) is 17.7 Å². The molecule has 11 heteroatoms. The fourth-order valence-corrected chi connectivity index (χ4v) is 2.19. The molecule has 0 spiro atoms. The van der Waals surface area contributed by atoms with E-state index in [1.807, 2.05) is 20.8 Å². The minimum absolute atomic E-state index is 0.395. The first-order valence-corrected chi connectivity index (χ1v) is 7.51. The number of nitrogens with one attached hydrogen (secondary N) is 2. The van der Waals surface area contributed by atoms with Crippen molar-refractivity contribution in [2.45, 2.75) is 45.5 Å². The maximum atomic E-state index is 13.1. The Morgan fingerprint density at radius 2 is 2.00 bits per heavy atom. The van der Waals surface area contributed by atoms with Gasteiger partial charge in [-0.1, -0.05) is 0 Å². The predicted octanol–water partition coefficient (Wildman–Crippen LogP) is 2.46. The number of rotatable bonds is 4. The van der Waals surface area contributed by atoms with Crippen LogP contribution in [-0.4, -0.2) is 43.3 Å². The van der Waals surface area contributed by atoms with Gasteiger partial charge in [0.15, 0.2) is 6.04 Å². The highest BCUT2D eigenvalue weighted by Crippen LogP contribution is 2.29. The van der Waals surface area contributed by atoms with Crippen LogP contribution in [0.15, 0.2) is 18.7 Å². The topological polar surface area (TPSA) is 89.7 Å². The summed E-state index contributed by atoms with van der Waals surface area (Å²) in [5.74, 6) is 0.395. The highest BCUT2D eigenvalue weighted by Gasteiger charge is 2.42. The number of alkyl halides is 3. The summed E-state index contributed by atoms with van der Waals surface area (Å²) in [4.78, 5) is 15.5. The van der Waals surface area contributed by atoms with Gasteiger partial charge < -0.3 is 5.32 Å². The third-order valence-electron chi connectivity index (χ3n) is 3.30. The summed E-state index contributed by atoms with van der Waals surface area (Å²) in [7, 11) is 0. The molecule has 0 saturated carbocycles. The average Bonchev–Trinajstić information content (AvgIpc) is 3.06. The number of halogens is 3. The van der Waals surface area contributed by atoms with E-state index in [4.69, 9.17) is 0 Å². The first kappa shape index (κ1) is 18.7. The van der Waals surface area contributed by atoms with Crippen LogP contribution in [0.25, 0.3) is 0 Å². The third-order valence-corrected chi connectivity index (χ3v) is 3.30. The van der Waals surface area contributed by atoms with Crippen molar-refractivity contribution in [3.8, 4) is 0 Å². The zero-order chi connectivity index (χ0) is 18.8. The number of anilines is 1. The van der Waals surface area contributed by atoms with Gasteiger partial charge in [0.05, 0.1) is 17.8 Å². The molecule has 0 aliphatic heterocycles. The van der Waals surface area contributed by atoms with E-state index in [9.17, 15) is 18.0 Å². The molecule has 0 aliphatic rings. The van der Waals surface area contributed by atoms with Crippen LogP contribution in [0.3, 0.4) is 0 Å². The lowest BCUT2D eigenvalue weighted by atomic mass is 10.1. The summed E-state index contributed by atoms with van der Waals surface area (Å²) in [6, 6.07) is -1.13. The van der Waals surface area contributed by atoms with Crippen molar-refractivity contribution in [1.29, 1.82) is 0 Å². The summed E-state index contributed by atoms with van der Waals surface area (Å²) in [6.45, 7) is 6.77. The number of aryl methyl sites for hydroxylation is 1. The third kappa shape index (κ3) is 4.70. The number of carbonyl (C=O) groups is 1. The van der Waals surface area contributed by atoms with Gasteiger partial charge in [0.2, 0.25) is 0 Å². The van der Waals surface area contributed by atoms with E-state index < -0.39 is 30.3 Å². The highest BCUT2D eigenvalue weighted by atomic mass is 19.4. The van der Waals surface area contributed by atoms with E-state index in [-0.39, 0.29) is 0 Å². The second-order valence-electron chi connectivity index (χ2n) is 6.52. The van der Waals surface area contributed by atoms with Gasteiger partial charge in [-0.25, -0.2) is 19.1 Å². The SMILES string of the molecule is Cc1cc(NC(=O)NCC(n2cncn2)C(F)(F)F)n(C(C)(C)C)n1. The van der Waals surface area contributed by atoms with Crippen molar-refractivity contribution >= 4 is 11.8 Å². The molecule has 0 aromatic carbocycles. The Morgan fingerprint density at radius 3 is 2.52 bits per heavy atom. The lowest BCUT2D eigenvalue weighted by molar-refractivity contribution is -0.168. The van der Waals surface area contributed by atoms with E-state index in [0.29, 0.717) is 16.2 Å². The summed E-state index contributed by atoms with van der Waals surface area (Å²) in [5.41, 5.74) is 0.285. The Balaban J connectivity index is 2.06. The molecule has 0 radical (unpaired) electrons. The van der Waals surface area contributed by atoms with Crippen molar-refractivity contribution in [3.63, 3.8) is 0 Å².